The molecule has 0 bridgehead atoms. The highest BCUT2D eigenvalue weighted by Gasteiger charge is 2.11. The van der Waals surface area contributed by atoms with E-state index in [-0.39, 0.29) is 5.91 Å². The van der Waals surface area contributed by atoms with E-state index in [2.05, 4.69) is 10.4 Å². The number of halogens is 1. The Bertz CT molecular complexity index is 1030. The Morgan fingerprint density at radius 2 is 1.93 bits per heavy atom. The number of hydrogen-bond acceptors (Lipinski definition) is 4. The number of hydrogen-bond donors (Lipinski definition) is 1. The molecule has 0 saturated heterocycles. The molecule has 1 heterocycles. The van der Waals surface area contributed by atoms with Gasteiger partial charge in [0.05, 0.1) is 31.5 Å². The predicted octanol–water partition coefficient (Wildman–Crippen LogP) is 4.56. The molecule has 0 aliphatic heterocycles. The summed E-state index contributed by atoms with van der Waals surface area (Å²) in [7, 11) is 3.05. The number of ether oxygens (including phenoxy) is 2. The fourth-order valence-corrected chi connectivity index (χ4v) is 3.19. The van der Waals surface area contributed by atoms with Gasteiger partial charge in [-0.25, -0.2) is 4.68 Å². The van der Waals surface area contributed by atoms with Gasteiger partial charge in [0, 0.05) is 12.1 Å². The lowest BCUT2D eigenvalue weighted by atomic mass is 10.2. The molecule has 3 aromatic rings. The Labute approximate surface area is 174 Å². The Balaban J connectivity index is 1.74. The van der Waals surface area contributed by atoms with Crippen molar-refractivity contribution in [1.29, 1.82) is 0 Å². The van der Waals surface area contributed by atoms with E-state index < -0.39 is 0 Å². The van der Waals surface area contributed by atoms with E-state index in [1.807, 2.05) is 43.3 Å². The maximum Gasteiger partial charge on any atom is 0.249 e. The first-order valence-electron chi connectivity index (χ1n) is 8.99. The highest BCUT2D eigenvalue weighted by Crippen LogP contribution is 2.36. The Morgan fingerprint density at radius 1 is 1.17 bits per heavy atom. The molecule has 0 radical (unpaired) electrons. The second-order valence-electron chi connectivity index (χ2n) is 6.38. The van der Waals surface area contributed by atoms with Gasteiger partial charge < -0.3 is 14.8 Å². The number of carbonyl (C=O) groups excluding carboxylic acids is 1. The summed E-state index contributed by atoms with van der Waals surface area (Å²) in [6.07, 6.45) is 3.10. The van der Waals surface area contributed by atoms with E-state index in [0.717, 1.165) is 16.8 Å². The van der Waals surface area contributed by atoms with Gasteiger partial charge in [-0.1, -0.05) is 41.9 Å². The Kier molecular flexibility index (Phi) is 6.57. The van der Waals surface area contributed by atoms with Crippen LogP contribution in [-0.2, 0) is 11.3 Å². The van der Waals surface area contributed by atoms with Gasteiger partial charge in [-0.2, -0.15) is 5.10 Å². The lowest BCUT2D eigenvalue weighted by molar-refractivity contribution is -0.111. The molecule has 29 heavy (non-hydrogen) atoms. The highest BCUT2D eigenvalue weighted by molar-refractivity contribution is 6.32. The molecular weight excluding hydrogens is 390 g/mol. The Hall–Kier alpha value is -3.25. The van der Waals surface area contributed by atoms with Crippen molar-refractivity contribution in [2.75, 3.05) is 19.5 Å². The summed E-state index contributed by atoms with van der Waals surface area (Å²) in [6.45, 7) is 2.46. The van der Waals surface area contributed by atoms with Crippen LogP contribution in [0.1, 0.15) is 16.8 Å². The van der Waals surface area contributed by atoms with Gasteiger partial charge in [-0.15, -0.1) is 0 Å². The van der Waals surface area contributed by atoms with Gasteiger partial charge in [0.25, 0.3) is 0 Å². The minimum atomic E-state index is -0.273. The largest absolute Gasteiger partial charge is 0.493 e. The van der Waals surface area contributed by atoms with E-state index in [4.69, 9.17) is 21.1 Å². The number of amides is 1. The first-order chi connectivity index (χ1) is 14.0. The molecule has 0 fully saturated rings. The van der Waals surface area contributed by atoms with Crippen LogP contribution in [0, 0.1) is 6.92 Å². The van der Waals surface area contributed by atoms with Crippen LogP contribution in [0.2, 0.25) is 5.02 Å². The number of aryl methyl sites for hydroxylation is 1. The average molecular weight is 412 g/mol. The molecule has 6 nitrogen and oxygen atoms in total. The monoisotopic (exact) mass is 411 g/mol. The minimum absolute atomic E-state index is 0.273. The quantitative estimate of drug-likeness (QED) is 0.579. The number of methoxy groups -OCH3 is 2. The number of rotatable bonds is 7. The SMILES string of the molecule is COc1cc(/C=C/C(=O)Nc2cc(C)nn2Cc2ccccc2)cc(Cl)c1OC. The van der Waals surface area contributed by atoms with Crippen molar-refractivity contribution in [3.8, 4) is 11.5 Å². The summed E-state index contributed by atoms with van der Waals surface area (Å²) in [6, 6.07) is 15.2. The first-order valence-corrected chi connectivity index (χ1v) is 9.37. The molecule has 0 aliphatic rings. The van der Waals surface area contributed by atoms with Crippen LogP contribution < -0.4 is 14.8 Å². The topological polar surface area (TPSA) is 65.4 Å². The zero-order chi connectivity index (χ0) is 20.8. The van der Waals surface area contributed by atoms with E-state index >= 15 is 0 Å². The summed E-state index contributed by atoms with van der Waals surface area (Å²) in [4.78, 5) is 12.4. The van der Waals surface area contributed by atoms with E-state index in [1.165, 1.54) is 20.3 Å². The van der Waals surface area contributed by atoms with Crippen LogP contribution in [-0.4, -0.2) is 29.9 Å². The molecule has 0 spiro atoms. The predicted molar refractivity (Wildman–Crippen MR) is 115 cm³/mol. The molecule has 1 N–H and O–H groups in total. The molecule has 2 aromatic carbocycles. The number of aromatic nitrogens is 2. The zero-order valence-electron chi connectivity index (χ0n) is 16.5. The zero-order valence-corrected chi connectivity index (χ0v) is 17.2. The first kappa shape index (κ1) is 20.5. The fourth-order valence-electron chi connectivity index (χ4n) is 2.90. The summed E-state index contributed by atoms with van der Waals surface area (Å²) in [5.41, 5.74) is 2.64. The second kappa shape index (κ2) is 9.30. The van der Waals surface area contributed by atoms with E-state index in [0.29, 0.717) is 28.9 Å². The van der Waals surface area contributed by atoms with E-state index in [9.17, 15) is 4.79 Å². The molecular formula is C22H22ClN3O3. The minimum Gasteiger partial charge on any atom is -0.493 e. The van der Waals surface area contributed by atoms with Gasteiger partial charge in [0.1, 0.15) is 5.82 Å². The Morgan fingerprint density at radius 3 is 2.62 bits per heavy atom. The molecule has 0 saturated carbocycles. The van der Waals surface area contributed by atoms with Crippen LogP contribution in [0.25, 0.3) is 6.08 Å². The third-order valence-electron chi connectivity index (χ3n) is 4.21. The number of carbonyl (C=O) groups is 1. The van der Waals surface area contributed by atoms with Crippen LogP contribution in [0.4, 0.5) is 5.82 Å². The molecule has 0 aliphatic carbocycles. The standard InChI is InChI=1S/C22H22ClN3O3/c1-15-11-20(26(25-15)14-16-7-5-4-6-8-16)24-21(27)10-9-17-12-18(23)22(29-3)19(13-17)28-2/h4-13H,14H2,1-3H3,(H,24,27)/b10-9+. The maximum atomic E-state index is 12.4. The third-order valence-corrected chi connectivity index (χ3v) is 4.49. The van der Waals surface area contributed by atoms with Crippen molar-refractivity contribution < 1.29 is 14.3 Å². The number of benzene rings is 2. The van der Waals surface area contributed by atoms with Crippen molar-refractivity contribution >= 4 is 29.4 Å². The summed E-state index contributed by atoms with van der Waals surface area (Å²) < 4.78 is 12.3. The normalized spacial score (nSPS) is 10.9. The molecule has 0 unspecified atom stereocenters. The molecule has 1 aromatic heterocycles. The van der Waals surface area contributed by atoms with Crippen molar-refractivity contribution in [1.82, 2.24) is 9.78 Å². The fraction of sp³-hybridized carbons (Fsp3) is 0.182. The lowest BCUT2D eigenvalue weighted by Crippen LogP contribution is -2.13. The summed E-state index contributed by atoms with van der Waals surface area (Å²) in [5, 5.41) is 7.74. The van der Waals surface area contributed by atoms with Gasteiger partial charge in [0.2, 0.25) is 5.91 Å². The number of nitrogens with one attached hydrogen (secondary N) is 1. The van der Waals surface area contributed by atoms with Crippen molar-refractivity contribution in [2.24, 2.45) is 0 Å². The highest BCUT2D eigenvalue weighted by atomic mass is 35.5. The lowest BCUT2D eigenvalue weighted by Gasteiger charge is -2.10. The second-order valence-corrected chi connectivity index (χ2v) is 6.78. The van der Waals surface area contributed by atoms with E-state index in [1.54, 1.807) is 22.9 Å². The van der Waals surface area contributed by atoms with Crippen molar-refractivity contribution in [2.45, 2.75) is 13.5 Å². The van der Waals surface area contributed by atoms with Crippen LogP contribution in [0.5, 0.6) is 11.5 Å². The molecule has 7 heteroatoms. The molecule has 150 valence electrons. The third kappa shape index (κ3) is 5.18. The van der Waals surface area contributed by atoms with Crippen molar-refractivity contribution in [3.05, 3.63) is 76.5 Å². The number of nitrogens with zero attached hydrogens (tertiary/aromatic N) is 2. The van der Waals surface area contributed by atoms with Crippen LogP contribution >= 0.6 is 11.6 Å². The van der Waals surface area contributed by atoms with Crippen LogP contribution in [0.3, 0.4) is 0 Å². The average Bonchev–Trinajstić information content (AvgIpc) is 3.05. The number of anilines is 1. The van der Waals surface area contributed by atoms with Gasteiger partial charge in [0.15, 0.2) is 11.5 Å². The van der Waals surface area contributed by atoms with Crippen molar-refractivity contribution in [3.63, 3.8) is 0 Å². The van der Waals surface area contributed by atoms with Gasteiger partial charge >= 0.3 is 0 Å². The van der Waals surface area contributed by atoms with Crippen LogP contribution in [0.15, 0.2) is 54.6 Å². The van der Waals surface area contributed by atoms with Gasteiger partial charge in [-0.3, -0.25) is 4.79 Å². The molecule has 3 rings (SSSR count). The smallest absolute Gasteiger partial charge is 0.249 e. The summed E-state index contributed by atoms with van der Waals surface area (Å²) in [5.74, 6) is 1.31. The molecule has 1 amide bonds. The maximum absolute atomic E-state index is 12.4. The molecule has 0 atom stereocenters. The van der Waals surface area contributed by atoms with Gasteiger partial charge in [-0.05, 0) is 36.3 Å². The summed E-state index contributed by atoms with van der Waals surface area (Å²) >= 11 is 6.21.